The number of nitrogens with one attached hydrogen (secondary N) is 4. The number of aromatic nitrogens is 3. The maximum atomic E-state index is 13.3. The van der Waals surface area contributed by atoms with Crippen LogP contribution in [0.25, 0.3) is 0 Å². The maximum Gasteiger partial charge on any atom is 0.320 e. The molecule has 0 aliphatic heterocycles. The van der Waals surface area contributed by atoms with Gasteiger partial charge in [-0.25, -0.2) is 9.79 Å². The maximum absolute atomic E-state index is 13.3. The van der Waals surface area contributed by atoms with Crippen LogP contribution in [0.5, 0.6) is 5.75 Å². The van der Waals surface area contributed by atoms with E-state index in [0.29, 0.717) is 42.4 Å². The van der Waals surface area contributed by atoms with Gasteiger partial charge in [0.2, 0.25) is 0 Å². The summed E-state index contributed by atoms with van der Waals surface area (Å²) >= 11 is 0. The van der Waals surface area contributed by atoms with Crippen LogP contribution in [0.3, 0.4) is 0 Å². The number of ether oxygens (including phenoxy) is 1. The molecule has 7 N–H and O–H groups in total. The molecule has 2 heterocycles. The minimum Gasteiger partial charge on any atom is -0.484 e. The smallest absolute Gasteiger partial charge is 0.320 e. The number of rotatable bonds is 8. The Morgan fingerprint density at radius 2 is 1.93 bits per heavy atom. The molecule has 0 fully saturated rings. The van der Waals surface area contributed by atoms with E-state index in [0.717, 1.165) is 11.1 Å². The number of hydrogen-bond donors (Lipinski definition) is 6. The van der Waals surface area contributed by atoms with Crippen LogP contribution >= 0.6 is 0 Å². The molecule has 2 aromatic heterocycles. The third-order valence-corrected chi connectivity index (χ3v) is 7.35. The summed E-state index contributed by atoms with van der Waals surface area (Å²) < 4.78 is 9.49. The first kappa shape index (κ1) is 32.2. The molecule has 1 aliphatic carbocycles. The first-order valence-corrected chi connectivity index (χ1v) is 14.7. The van der Waals surface area contributed by atoms with Crippen molar-refractivity contribution in [3.8, 4) is 5.75 Å². The van der Waals surface area contributed by atoms with Gasteiger partial charge < -0.3 is 20.9 Å². The number of amidine groups is 1. The van der Waals surface area contributed by atoms with Gasteiger partial charge in [0.15, 0.2) is 0 Å². The van der Waals surface area contributed by atoms with Crippen LogP contribution in [-0.2, 0) is 6.54 Å². The van der Waals surface area contributed by atoms with Gasteiger partial charge in [-0.3, -0.25) is 25.4 Å². The van der Waals surface area contributed by atoms with Gasteiger partial charge in [0.25, 0.3) is 0 Å². The summed E-state index contributed by atoms with van der Waals surface area (Å²) in [5.74, 6) is 1.12. The Hall–Kier alpha value is -4.71. The number of aliphatic hydroxyl groups is 1. The van der Waals surface area contributed by atoms with Crippen molar-refractivity contribution in [3.63, 3.8) is 0 Å². The van der Waals surface area contributed by atoms with E-state index in [9.17, 15) is 9.90 Å². The highest BCUT2D eigenvalue weighted by molar-refractivity contribution is 6.05. The van der Waals surface area contributed by atoms with Crippen LogP contribution in [0.4, 0.5) is 10.5 Å². The van der Waals surface area contributed by atoms with Crippen LogP contribution in [0.1, 0.15) is 70.7 Å². The Kier molecular flexibility index (Phi) is 10.0. The van der Waals surface area contributed by atoms with E-state index >= 15 is 0 Å². The molecule has 3 aromatic rings. The van der Waals surface area contributed by atoms with Crippen molar-refractivity contribution in [1.82, 2.24) is 25.0 Å². The van der Waals surface area contributed by atoms with Crippen molar-refractivity contribution in [1.29, 1.82) is 10.8 Å². The number of carbonyl (C=O) groups excluding carboxylic acids is 1. The number of pyridine rings is 1. The number of benzene rings is 1. The van der Waals surface area contributed by atoms with Crippen molar-refractivity contribution >= 4 is 23.4 Å². The van der Waals surface area contributed by atoms with Gasteiger partial charge >= 0.3 is 6.03 Å². The molecule has 1 aromatic carbocycles. The average Bonchev–Trinajstić information content (AvgIpc) is 3.41. The number of allylic oxidation sites excluding steroid dienone is 1. The number of amides is 2. The molecule has 0 radical (unpaired) electrons. The second-order valence-corrected chi connectivity index (χ2v) is 12.2. The van der Waals surface area contributed by atoms with E-state index in [1.807, 2.05) is 58.9 Å². The molecule has 0 spiro atoms. The molecule has 0 saturated heterocycles. The zero-order valence-corrected chi connectivity index (χ0v) is 26.0. The van der Waals surface area contributed by atoms with E-state index in [-0.39, 0.29) is 41.4 Å². The lowest BCUT2D eigenvalue weighted by Gasteiger charge is -2.32. The SMILES string of the molecule is CC(C)C(=N)n1cc(OC2CCC(NC(=O)NC(C=C(N)C(C)(C)C)=Nc3cnn(CCO)c3)c3ccccc32)ccc1=N. The predicted molar refractivity (Wildman–Crippen MR) is 170 cm³/mol. The summed E-state index contributed by atoms with van der Waals surface area (Å²) in [6.07, 6.45) is 7.60. The minimum absolute atomic E-state index is 0.0392. The Balaban J connectivity index is 1.53. The molecule has 2 amide bonds. The molecule has 44 heavy (non-hydrogen) atoms. The molecule has 12 nitrogen and oxygen atoms in total. The number of aliphatic imine (C=N–C) groups is 1. The summed E-state index contributed by atoms with van der Waals surface area (Å²) in [6, 6.07) is 10.6. The van der Waals surface area contributed by atoms with E-state index in [4.69, 9.17) is 21.3 Å². The fourth-order valence-electron chi connectivity index (χ4n) is 4.76. The Labute approximate surface area is 257 Å². The average molecular weight is 602 g/mol. The normalized spacial score (nSPS) is 17.2. The van der Waals surface area contributed by atoms with Crippen LogP contribution in [0.15, 0.2) is 71.8 Å². The number of urea groups is 1. The van der Waals surface area contributed by atoms with Gasteiger partial charge in [0.1, 0.15) is 34.7 Å². The second kappa shape index (κ2) is 13.7. The van der Waals surface area contributed by atoms with Gasteiger partial charge in [0, 0.05) is 23.1 Å². The fourth-order valence-corrected chi connectivity index (χ4v) is 4.76. The van der Waals surface area contributed by atoms with E-state index < -0.39 is 6.03 Å². The van der Waals surface area contributed by atoms with Gasteiger partial charge in [-0.15, -0.1) is 0 Å². The number of nitrogens with two attached hydrogens (primary N) is 1. The highest BCUT2D eigenvalue weighted by Crippen LogP contribution is 2.38. The summed E-state index contributed by atoms with van der Waals surface area (Å²) in [5.41, 5.74) is 9.18. The third kappa shape index (κ3) is 8.01. The Bertz CT molecular complexity index is 1610. The molecule has 12 heteroatoms. The standard InChI is InChI=1S/C32H43N9O3/c1-20(2)30(35)41-19-22(10-13-28(41)34)44-26-12-11-25(23-8-6-7-9-24(23)26)38-31(43)39-29(16-27(33)32(3,4)5)37-21-17-36-40(18-21)14-15-42/h6-10,13,16-20,25-26,34-35,42H,11-12,14-15,33H2,1-5H3,(H2,37,38,39,43). The second-order valence-electron chi connectivity index (χ2n) is 12.2. The summed E-state index contributed by atoms with van der Waals surface area (Å²) in [6.45, 7) is 10.0. The van der Waals surface area contributed by atoms with Crippen molar-refractivity contribution in [2.24, 2.45) is 22.1 Å². The molecule has 2 unspecified atom stereocenters. The van der Waals surface area contributed by atoms with Gasteiger partial charge in [-0.05, 0) is 36.1 Å². The van der Waals surface area contributed by atoms with Gasteiger partial charge in [-0.2, -0.15) is 5.10 Å². The van der Waals surface area contributed by atoms with Crippen LogP contribution in [0, 0.1) is 22.2 Å². The third-order valence-electron chi connectivity index (χ3n) is 7.35. The Morgan fingerprint density at radius 3 is 2.61 bits per heavy atom. The van der Waals surface area contributed by atoms with Crippen molar-refractivity contribution in [2.45, 2.75) is 66.2 Å². The van der Waals surface area contributed by atoms with E-state index in [1.54, 1.807) is 41.5 Å². The minimum atomic E-state index is -0.428. The largest absolute Gasteiger partial charge is 0.484 e. The van der Waals surface area contributed by atoms with Crippen molar-refractivity contribution < 1.29 is 14.6 Å². The molecule has 234 valence electrons. The zero-order valence-electron chi connectivity index (χ0n) is 26.0. The predicted octanol–water partition coefficient (Wildman–Crippen LogP) is 4.51. The summed E-state index contributed by atoms with van der Waals surface area (Å²) in [5, 5.41) is 35.9. The molecule has 1 aliphatic rings. The topological polar surface area (TPSA) is 179 Å². The molecular weight excluding hydrogens is 558 g/mol. The highest BCUT2D eigenvalue weighted by Gasteiger charge is 2.30. The van der Waals surface area contributed by atoms with Crippen molar-refractivity contribution in [3.05, 3.63) is 83.4 Å². The molecule has 2 atom stereocenters. The van der Waals surface area contributed by atoms with E-state index in [2.05, 4.69) is 20.7 Å². The number of fused-ring (bicyclic) bond motifs is 1. The highest BCUT2D eigenvalue weighted by atomic mass is 16.5. The molecule has 4 rings (SSSR count). The molecule has 0 bridgehead atoms. The fraction of sp³-hybridized carbons (Fsp3) is 0.406. The summed E-state index contributed by atoms with van der Waals surface area (Å²) in [7, 11) is 0. The Morgan fingerprint density at radius 1 is 1.20 bits per heavy atom. The molecular formula is C32H43N9O3. The van der Waals surface area contributed by atoms with Crippen LogP contribution in [-0.4, -0.2) is 43.8 Å². The number of carbonyl (C=O) groups is 1. The van der Waals surface area contributed by atoms with Gasteiger partial charge in [-0.1, -0.05) is 58.9 Å². The number of nitrogens with zero attached hydrogens (tertiary/aromatic N) is 4. The lowest BCUT2D eigenvalue weighted by atomic mass is 9.85. The number of hydrogen-bond acceptors (Lipinski definition) is 8. The number of aliphatic hydroxyl groups excluding tert-OH is 1. The van der Waals surface area contributed by atoms with Crippen LogP contribution in [0.2, 0.25) is 0 Å². The van der Waals surface area contributed by atoms with E-state index in [1.165, 1.54) is 4.57 Å². The molecule has 0 saturated carbocycles. The summed E-state index contributed by atoms with van der Waals surface area (Å²) in [4.78, 5) is 17.9. The first-order valence-electron chi connectivity index (χ1n) is 14.7. The lowest BCUT2D eigenvalue weighted by Crippen LogP contribution is -2.42. The van der Waals surface area contributed by atoms with Gasteiger partial charge in [0.05, 0.1) is 37.8 Å². The zero-order chi connectivity index (χ0) is 32.0. The monoisotopic (exact) mass is 601 g/mol. The van der Waals surface area contributed by atoms with Crippen LogP contribution < -0.4 is 26.6 Å². The lowest BCUT2D eigenvalue weighted by molar-refractivity contribution is 0.171. The quantitative estimate of drug-likeness (QED) is 0.164. The van der Waals surface area contributed by atoms with Crippen molar-refractivity contribution in [2.75, 3.05) is 6.61 Å². The first-order chi connectivity index (χ1) is 20.8.